The number of para-hydroxylation sites is 2. The molecule has 1 aliphatic rings. The molecule has 4 nitrogen and oxygen atoms in total. The van der Waals surface area contributed by atoms with Crippen LogP contribution in [0.2, 0.25) is 0 Å². The van der Waals surface area contributed by atoms with E-state index in [1.54, 1.807) is 7.11 Å². The highest BCUT2D eigenvalue weighted by atomic mass is 35.5. The smallest absolute Gasteiger partial charge is 0.161 e. The van der Waals surface area contributed by atoms with Gasteiger partial charge < -0.3 is 19.7 Å². The molecule has 0 spiro atoms. The zero-order valence-electron chi connectivity index (χ0n) is 13.2. The minimum absolute atomic E-state index is 0. The van der Waals surface area contributed by atoms with Crippen molar-refractivity contribution in [2.24, 2.45) is 5.41 Å². The van der Waals surface area contributed by atoms with Crippen LogP contribution in [0.4, 0.5) is 0 Å². The lowest BCUT2D eigenvalue weighted by molar-refractivity contribution is 0.175. The van der Waals surface area contributed by atoms with Crippen molar-refractivity contribution in [3.8, 4) is 11.5 Å². The molecule has 1 saturated heterocycles. The fourth-order valence-corrected chi connectivity index (χ4v) is 2.78. The monoisotopic (exact) mass is 314 g/mol. The largest absolute Gasteiger partial charge is 0.493 e. The highest BCUT2D eigenvalue weighted by Gasteiger charge is 2.29. The molecule has 0 aliphatic carbocycles. The normalized spacial score (nSPS) is 21.1. The first-order valence-electron chi connectivity index (χ1n) is 7.28. The number of likely N-dealkylation sites (N-methyl/N-ethyl adjacent to an activating group) is 1. The molecule has 0 amide bonds. The van der Waals surface area contributed by atoms with E-state index >= 15 is 0 Å². The van der Waals surface area contributed by atoms with E-state index in [1.165, 1.54) is 6.42 Å². The average Bonchev–Trinajstić information content (AvgIpc) is 2.85. The van der Waals surface area contributed by atoms with E-state index in [9.17, 15) is 0 Å². The van der Waals surface area contributed by atoms with Crippen LogP contribution in [0.25, 0.3) is 0 Å². The first kappa shape index (κ1) is 18.1. The van der Waals surface area contributed by atoms with Gasteiger partial charge in [-0.3, -0.25) is 0 Å². The van der Waals surface area contributed by atoms with Crippen LogP contribution in [0.5, 0.6) is 11.5 Å². The minimum atomic E-state index is 0. The Hall–Kier alpha value is -0.970. The SMILES string of the molecule is COc1ccccc1OCCN(C)CC1(C)CCNC1.Cl. The third-order valence-electron chi connectivity index (χ3n) is 3.91. The lowest BCUT2D eigenvalue weighted by Gasteiger charge is -2.29. The molecule has 1 aromatic carbocycles. The van der Waals surface area contributed by atoms with Gasteiger partial charge in [-0.05, 0) is 37.6 Å². The summed E-state index contributed by atoms with van der Waals surface area (Å²) < 4.78 is 11.1. The van der Waals surface area contributed by atoms with E-state index in [0.29, 0.717) is 12.0 Å². The van der Waals surface area contributed by atoms with Gasteiger partial charge in [0, 0.05) is 19.6 Å². The molecule has 1 aliphatic heterocycles. The molecule has 1 N–H and O–H groups in total. The second kappa shape index (κ2) is 8.47. The summed E-state index contributed by atoms with van der Waals surface area (Å²) in [5.41, 5.74) is 0.402. The van der Waals surface area contributed by atoms with Crippen LogP contribution in [0.15, 0.2) is 24.3 Å². The van der Waals surface area contributed by atoms with Gasteiger partial charge in [-0.15, -0.1) is 12.4 Å². The Kier molecular flexibility index (Phi) is 7.29. The van der Waals surface area contributed by atoms with Crippen molar-refractivity contribution in [3.05, 3.63) is 24.3 Å². The molecule has 1 heterocycles. The summed E-state index contributed by atoms with van der Waals surface area (Å²) in [5, 5.41) is 3.44. The summed E-state index contributed by atoms with van der Waals surface area (Å²) in [6.45, 7) is 7.32. The van der Waals surface area contributed by atoms with Crippen molar-refractivity contribution in [3.63, 3.8) is 0 Å². The van der Waals surface area contributed by atoms with Gasteiger partial charge in [0.05, 0.1) is 7.11 Å². The Morgan fingerprint density at radius 2 is 2.00 bits per heavy atom. The summed E-state index contributed by atoms with van der Waals surface area (Å²) in [4.78, 5) is 2.35. The number of hydrogen-bond acceptors (Lipinski definition) is 4. The predicted molar refractivity (Wildman–Crippen MR) is 88.8 cm³/mol. The van der Waals surface area contributed by atoms with E-state index in [1.807, 2.05) is 24.3 Å². The van der Waals surface area contributed by atoms with Gasteiger partial charge in [-0.1, -0.05) is 19.1 Å². The standard InChI is InChI=1S/C16H26N2O2.ClH/c1-16(8-9-17-12-16)13-18(2)10-11-20-15-7-5-4-6-14(15)19-3;/h4-7,17H,8-13H2,1-3H3;1H. The number of rotatable bonds is 7. The molecule has 21 heavy (non-hydrogen) atoms. The zero-order valence-corrected chi connectivity index (χ0v) is 14.0. The van der Waals surface area contributed by atoms with Crippen molar-refractivity contribution in [2.45, 2.75) is 13.3 Å². The number of halogens is 1. The van der Waals surface area contributed by atoms with E-state index in [2.05, 4.69) is 24.2 Å². The molecule has 0 bridgehead atoms. The number of nitrogens with one attached hydrogen (secondary N) is 1. The molecule has 0 aromatic heterocycles. The van der Waals surface area contributed by atoms with Gasteiger partial charge >= 0.3 is 0 Å². The number of hydrogen-bond donors (Lipinski definition) is 1. The molecule has 1 atom stereocenters. The van der Waals surface area contributed by atoms with Crippen LogP contribution in [-0.2, 0) is 0 Å². The number of benzene rings is 1. The summed E-state index contributed by atoms with van der Waals surface area (Å²) >= 11 is 0. The minimum Gasteiger partial charge on any atom is -0.493 e. The van der Waals surface area contributed by atoms with Crippen molar-refractivity contribution in [1.82, 2.24) is 10.2 Å². The highest BCUT2D eigenvalue weighted by Crippen LogP contribution is 2.26. The van der Waals surface area contributed by atoms with Crippen LogP contribution in [0.1, 0.15) is 13.3 Å². The molecular weight excluding hydrogens is 288 g/mol. The third-order valence-corrected chi connectivity index (χ3v) is 3.91. The maximum absolute atomic E-state index is 5.81. The zero-order chi connectivity index (χ0) is 14.4. The molecule has 0 radical (unpaired) electrons. The number of ether oxygens (including phenoxy) is 2. The van der Waals surface area contributed by atoms with Gasteiger partial charge in [-0.2, -0.15) is 0 Å². The van der Waals surface area contributed by atoms with Crippen LogP contribution in [0.3, 0.4) is 0 Å². The van der Waals surface area contributed by atoms with Crippen LogP contribution in [0, 0.1) is 5.41 Å². The van der Waals surface area contributed by atoms with Crippen LogP contribution in [-0.4, -0.2) is 51.8 Å². The summed E-state index contributed by atoms with van der Waals surface area (Å²) in [5.74, 6) is 1.61. The third kappa shape index (κ3) is 5.38. The van der Waals surface area contributed by atoms with Gasteiger partial charge in [0.15, 0.2) is 11.5 Å². The first-order valence-corrected chi connectivity index (χ1v) is 7.28. The second-order valence-corrected chi connectivity index (χ2v) is 5.97. The van der Waals surface area contributed by atoms with Gasteiger partial charge in [0.25, 0.3) is 0 Å². The lowest BCUT2D eigenvalue weighted by Crippen LogP contribution is -2.37. The summed E-state index contributed by atoms with van der Waals surface area (Å²) in [7, 11) is 3.83. The Labute approximate surface area is 134 Å². The second-order valence-electron chi connectivity index (χ2n) is 5.97. The van der Waals surface area contributed by atoms with Gasteiger partial charge in [0.2, 0.25) is 0 Å². The van der Waals surface area contributed by atoms with E-state index in [4.69, 9.17) is 9.47 Å². The van der Waals surface area contributed by atoms with E-state index in [0.717, 1.165) is 37.7 Å². The fourth-order valence-electron chi connectivity index (χ4n) is 2.78. The molecule has 2 rings (SSSR count). The molecule has 0 saturated carbocycles. The number of methoxy groups -OCH3 is 1. The topological polar surface area (TPSA) is 33.7 Å². The van der Waals surface area contributed by atoms with Crippen molar-refractivity contribution < 1.29 is 9.47 Å². The Balaban J connectivity index is 0.00000220. The quantitative estimate of drug-likeness (QED) is 0.838. The predicted octanol–water partition coefficient (Wildman–Crippen LogP) is 2.43. The van der Waals surface area contributed by atoms with Crippen LogP contribution >= 0.6 is 12.4 Å². The van der Waals surface area contributed by atoms with E-state index in [-0.39, 0.29) is 12.4 Å². The summed E-state index contributed by atoms with van der Waals surface area (Å²) in [6, 6.07) is 7.78. The Morgan fingerprint density at radius 3 is 2.62 bits per heavy atom. The maximum atomic E-state index is 5.81. The molecule has 1 aromatic rings. The fraction of sp³-hybridized carbons (Fsp3) is 0.625. The van der Waals surface area contributed by atoms with Gasteiger partial charge in [0.1, 0.15) is 6.61 Å². The molecule has 120 valence electrons. The Bertz CT molecular complexity index is 422. The summed E-state index contributed by atoms with van der Waals surface area (Å²) in [6.07, 6.45) is 1.25. The lowest BCUT2D eigenvalue weighted by atomic mass is 9.89. The van der Waals surface area contributed by atoms with Gasteiger partial charge in [-0.25, -0.2) is 0 Å². The van der Waals surface area contributed by atoms with Crippen molar-refractivity contribution in [1.29, 1.82) is 0 Å². The maximum Gasteiger partial charge on any atom is 0.161 e. The van der Waals surface area contributed by atoms with E-state index < -0.39 is 0 Å². The highest BCUT2D eigenvalue weighted by molar-refractivity contribution is 5.85. The molecule has 1 unspecified atom stereocenters. The van der Waals surface area contributed by atoms with Crippen molar-refractivity contribution >= 4 is 12.4 Å². The first-order chi connectivity index (χ1) is 9.63. The Morgan fingerprint density at radius 1 is 1.29 bits per heavy atom. The van der Waals surface area contributed by atoms with Crippen molar-refractivity contribution in [2.75, 3.05) is 46.9 Å². The number of nitrogens with zero attached hydrogens (tertiary/aromatic N) is 1. The molecule has 5 heteroatoms. The molecule has 1 fully saturated rings. The molecular formula is C16H27ClN2O2. The average molecular weight is 315 g/mol. The van der Waals surface area contributed by atoms with Crippen LogP contribution < -0.4 is 14.8 Å².